The first kappa shape index (κ1) is 19.6. The molecule has 1 N–H and O–H groups in total. The van der Waals surface area contributed by atoms with Crippen LogP contribution < -0.4 is 10.2 Å². The molecule has 1 atom stereocenters. The van der Waals surface area contributed by atoms with Crippen LogP contribution in [-0.2, 0) is 4.79 Å². The highest BCUT2D eigenvalue weighted by atomic mass is 35.5. The predicted octanol–water partition coefficient (Wildman–Crippen LogP) is 3.77. The van der Waals surface area contributed by atoms with Crippen molar-refractivity contribution in [1.29, 1.82) is 0 Å². The van der Waals surface area contributed by atoms with E-state index >= 15 is 0 Å². The van der Waals surface area contributed by atoms with Gasteiger partial charge >= 0.3 is 6.03 Å². The number of benzene rings is 1. The van der Waals surface area contributed by atoms with Crippen molar-refractivity contribution in [3.63, 3.8) is 0 Å². The fourth-order valence-electron chi connectivity index (χ4n) is 3.06. The molecule has 0 saturated carbocycles. The fourth-order valence-corrected chi connectivity index (χ4v) is 3.19. The van der Waals surface area contributed by atoms with E-state index in [1.165, 1.54) is 0 Å². The Hall–Kier alpha value is -1.75. The predicted molar refractivity (Wildman–Crippen MR) is 102 cm³/mol. The first-order valence-corrected chi connectivity index (χ1v) is 9.25. The Morgan fingerprint density at radius 2 is 1.76 bits per heavy atom. The molecule has 0 aromatic heterocycles. The lowest BCUT2D eigenvalue weighted by Gasteiger charge is -2.28. The Labute approximate surface area is 155 Å². The van der Waals surface area contributed by atoms with Gasteiger partial charge < -0.3 is 15.1 Å². The number of hydrogen-bond donors (Lipinski definition) is 1. The Kier molecular flexibility index (Phi) is 6.71. The first-order valence-electron chi connectivity index (χ1n) is 8.87. The molecule has 1 heterocycles. The second kappa shape index (κ2) is 8.56. The van der Waals surface area contributed by atoms with Crippen molar-refractivity contribution in [3.8, 4) is 0 Å². The van der Waals surface area contributed by atoms with E-state index in [0.29, 0.717) is 42.9 Å². The van der Waals surface area contributed by atoms with Gasteiger partial charge in [-0.3, -0.25) is 4.79 Å². The van der Waals surface area contributed by atoms with Crippen LogP contribution in [0.2, 0.25) is 5.02 Å². The highest BCUT2D eigenvalue weighted by Gasteiger charge is 2.32. The summed E-state index contributed by atoms with van der Waals surface area (Å²) in [5, 5.41) is 3.67. The van der Waals surface area contributed by atoms with Gasteiger partial charge in [0, 0.05) is 36.8 Å². The average Bonchev–Trinajstić information content (AvgIpc) is 2.87. The summed E-state index contributed by atoms with van der Waals surface area (Å²) in [5.74, 6) is 0.826. The maximum atomic E-state index is 12.6. The number of rotatable bonds is 6. The molecule has 1 aliphatic heterocycles. The monoisotopic (exact) mass is 365 g/mol. The Morgan fingerprint density at radius 3 is 2.28 bits per heavy atom. The Morgan fingerprint density at radius 1 is 1.20 bits per heavy atom. The molecule has 0 bridgehead atoms. The summed E-state index contributed by atoms with van der Waals surface area (Å²) in [6.45, 7) is 10.3. The molecule has 25 heavy (non-hydrogen) atoms. The lowest BCUT2D eigenvalue weighted by Crippen LogP contribution is -2.48. The molecular weight excluding hydrogens is 338 g/mol. The van der Waals surface area contributed by atoms with Gasteiger partial charge in [0.2, 0.25) is 5.91 Å². The third-order valence-electron chi connectivity index (χ3n) is 4.05. The van der Waals surface area contributed by atoms with Crippen LogP contribution in [0.4, 0.5) is 10.5 Å². The maximum absolute atomic E-state index is 12.6. The highest BCUT2D eigenvalue weighted by molar-refractivity contribution is 6.30. The summed E-state index contributed by atoms with van der Waals surface area (Å²) in [4.78, 5) is 28.5. The molecule has 3 amide bonds. The van der Waals surface area contributed by atoms with Crippen LogP contribution in [0.5, 0.6) is 0 Å². The minimum Gasteiger partial charge on any atom is -0.333 e. The summed E-state index contributed by atoms with van der Waals surface area (Å²) < 4.78 is 0. The molecule has 0 spiro atoms. The smallest absolute Gasteiger partial charge is 0.317 e. The summed E-state index contributed by atoms with van der Waals surface area (Å²) in [5.41, 5.74) is 0.812. The number of urea groups is 1. The fraction of sp³-hybridized carbons (Fsp3) is 0.579. The van der Waals surface area contributed by atoms with E-state index in [1.807, 2.05) is 17.0 Å². The zero-order chi connectivity index (χ0) is 18.6. The van der Waals surface area contributed by atoms with Crippen molar-refractivity contribution in [2.45, 2.75) is 40.2 Å². The van der Waals surface area contributed by atoms with Gasteiger partial charge in [0.15, 0.2) is 0 Å². The molecule has 1 aromatic carbocycles. The molecular formula is C19H28ClN3O2. The number of nitrogens with one attached hydrogen (secondary N) is 1. The van der Waals surface area contributed by atoms with Crippen LogP contribution in [0.15, 0.2) is 24.3 Å². The van der Waals surface area contributed by atoms with E-state index in [-0.39, 0.29) is 18.0 Å². The van der Waals surface area contributed by atoms with Crippen molar-refractivity contribution in [1.82, 2.24) is 10.2 Å². The first-order chi connectivity index (χ1) is 11.8. The van der Waals surface area contributed by atoms with Gasteiger partial charge in [-0.1, -0.05) is 39.3 Å². The number of carbonyl (C=O) groups is 2. The Bertz CT molecular complexity index is 591. The van der Waals surface area contributed by atoms with Gasteiger partial charge in [0.05, 0.1) is 6.04 Å². The van der Waals surface area contributed by atoms with Crippen LogP contribution in [0.25, 0.3) is 0 Å². The van der Waals surface area contributed by atoms with Crippen molar-refractivity contribution in [2.75, 3.05) is 24.5 Å². The third kappa shape index (κ3) is 5.63. The van der Waals surface area contributed by atoms with E-state index in [4.69, 9.17) is 11.6 Å². The molecule has 1 aromatic rings. The number of nitrogens with zero attached hydrogens (tertiary/aromatic N) is 2. The van der Waals surface area contributed by atoms with E-state index in [2.05, 4.69) is 33.0 Å². The van der Waals surface area contributed by atoms with Gasteiger partial charge in [0.1, 0.15) is 0 Å². The standard InChI is InChI=1S/C19H28ClN3O2/c1-13(2)10-22(11-14(3)4)19(25)21-16-9-18(24)23(12-16)17-7-5-15(20)6-8-17/h5-8,13-14,16H,9-12H2,1-4H3,(H,21,25)/t16-/m0/s1. The van der Waals surface area contributed by atoms with Crippen molar-refractivity contribution >= 4 is 29.2 Å². The van der Waals surface area contributed by atoms with Crippen LogP contribution in [0.3, 0.4) is 0 Å². The van der Waals surface area contributed by atoms with Gasteiger partial charge in [-0.15, -0.1) is 0 Å². The number of anilines is 1. The largest absolute Gasteiger partial charge is 0.333 e. The molecule has 0 aliphatic carbocycles. The summed E-state index contributed by atoms with van der Waals surface area (Å²) in [7, 11) is 0. The normalized spacial score (nSPS) is 17.5. The van der Waals surface area contributed by atoms with Crippen molar-refractivity contribution in [3.05, 3.63) is 29.3 Å². The molecule has 138 valence electrons. The van der Waals surface area contributed by atoms with Crippen LogP contribution in [-0.4, -0.2) is 42.5 Å². The van der Waals surface area contributed by atoms with Crippen molar-refractivity contribution in [2.24, 2.45) is 11.8 Å². The minimum atomic E-state index is -0.169. The maximum Gasteiger partial charge on any atom is 0.317 e. The topological polar surface area (TPSA) is 52.7 Å². The lowest BCUT2D eigenvalue weighted by molar-refractivity contribution is -0.117. The van der Waals surface area contributed by atoms with Crippen molar-refractivity contribution < 1.29 is 9.59 Å². The lowest BCUT2D eigenvalue weighted by atomic mass is 10.1. The number of amides is 3. The van der Waals surface area contributed by atoms with Gasteiger partial charge in [-0.05, 0) is 36.1 Å². The molecule has 2 rings (SSSR count). The summed E-state index contributed by atoms with van der Waals surface area (Å²) in [6, 6.07) is 6.94. The number of carbonyl (C=O) groups excluding carboxylic acids is 2. The van der Waals surface area contributed by atoms with E-state index < -0.39 is 0 Å². The number of hydrogen-bond acceptors (Lipinski definition) is 2. The van der Waals surface area contributed by atoms with Crippen LogP contribution >= 0.6 is 11.6 Å². The Balaban J connectivity index is 1.99. The zero-order valence-electron chi connectivity index (χ0n) is 15.5. The summed E-state index contributed by atoms with van der Waals surface area (Å²) >= 11 is 5.90. The molecule has 0 radical (unpaired) electrons. The van der Waals surface area contributed by atoms with E-state index in [1.54, 1.807) is 17.0 Å². The minimum absolute atomic E-state index is 0.0203. The second-order valence-corrected chi connectivity index (χ2v) is 7.96. The summed E-state index contributed by atoms with van der Waals surface area (Å²) in [6.07, 6.45) is 0.325. The number of halogens is 1. The SMILES string of the molecule is CC(C)CN(CC(C)C)C(=O)N[C@H]1CC(=O)N(c2ccc(Cl)cc2)C1. The van der Waals surface area contributed by atoms with Gasteiger partial charge in [0.25, 0.3) is 0 Å². The molecule has 0 unspecified atom stereocenters. The highest BCUT2D eigenvalue weighted by Crippen LogP contribution is 2.23. The van der Waals surface area contributed by atoms with Gasteiger partial charge in [-0.2, -0.15) is 0 Å². The van der Waals surface area contributed by atoms with Crippen LogP contribution in [0.1, 0.15) is 34.1 Å². The second-order valence-electron chi connectivity index (χ2n) is 7.52. The average molecular weight is 366 g/mol. The molecule has 1 aliphatic rings. The van der Waals surface area contributed by atoms with E-state index in [0.717, 1.165) is 5.69 Å². The molecule has 1 saturated heterocycles. The van der Waals surface area contributed by atoms with E-state index in [9.17, 15) is 9.59 Å². The zero-order valence-corrected chi connectivity index (χ0v) is 16.2. The van der Waals surface area contributed by atoms with Gasteiger partial charge in [-0.25, -0.2) is 4.79 Å². The third-order valence-corrected chi connectivity index (χ3v) is 4.30. The van der Waals surface area contributed by atoms with Crippen LogP contribution in [0, 0.1) is 11.8 Å². The molecule has 1 fully saturated rings. The quantitative estimate of drug-likeness (QED) is 0.834. The molecule has 5 nitrogen and oxygen atoms in total. The molecule has 6 heteroatoms.